The van der Waals surface area contributed by atoms with Gasteiger partial charge in [-0.2, -0.15) is 0 Å². The Balaban J connectivity index is 2.22. The summed E-state index contributed by atoms with van der Waals surface area (Å²) in [7, 11) is 0. The Morgan fingerprint density at radius 1 is 1.69 bits per heavy atom. The van der Waals surface area contributed by atoms with Gasteiger partial charge in [0.2, 0.25) is 0 Å². The van der Waals surface area contributed by atoms with Gasteiger partial charge in [0.05, 0.1) is 11.2 Å². The maximum Gasteiger partial charge on any atom is 0.275 e. The fraction of sp³-hybridized carbons (Fsp3) is 0.200. The third kappa shape index (κ3) is 2.12. The molecule has 0 fully saturated rings. The van der Waals surface area contributed by atoms with E-state index >= 15 is 0 Å². The van der Waals surface area contributed by atoms with Gasteiger partial charge in [0.25, 0.3) is 5.91 Å². The third-order valence-corrected chi connectivity index (χ3v) is 3.38. The van der Waals surface area contributed by atoms with Gasteiger partial charge >= 0.3 is 0 Å². The highest BCUT2D eigenvalue weighted by Crippen LogP contribution is 2.22. The van der Waals surface area contributed by atoms with E-state index < -0.39 is 0 Å². The van der Waals surface area contributed by atoms with Crippen molar-refractivity contribution in [3.05, 3.63) is 40.1 Å². The Morgan fingerprint density at radius 3 is 3.12 bits per heavy atom. The van der Waals surface area contributed by atoms with Crippen LogP contribution in [0.1, 0.15) is 20.1 Å². The maximum atomic E-state index is 11.3. The average molecular weight is 236 g/mol. The van der Waals surface area contributed by atoms with Gasteiger partial charge in [0.1, 0.15) is 0 Å². The van der Waals surface area contributed by atoms with Gasteiger partial charge in [-0.25, -0.2) is 10.8 Å². The monoisotopic (exact) mass is 236 g/mol. The summed E-state index contributed by atoms with van der Waals surface area (Å²) in [6.07, 6.45) is 5.37. The molecule has 0 unspecified atom stereocenters. The van der Waals surface area contributed by atoms with Crippen molar-refractivity contribution in [3.63, 3.8) is 0 Å². The first-order valence-electron chi connectivity index (χ1n) is 4.76. The zero-order valence-corrected chi connectivity index (χ0v) is 9.62. The van der Waals surface area contributed by atoms with Crippen molar-refractivity contribution in [2.45, 2.75) is 13.5 Å². The molecule has 0 radical (unpaired) electrons. The molecule has 0 saturated heterocycles. The number of hydrogen-bond donors (Lipinski definition) is 2. The summed E-state index contributed by atoms with van der Waals surface area (Å²) < 4.78 is 1.96. The molecule has 2 aromatic heterocycles. The van der Waals surface area contributed by atoms with Crippen LogP contribution >= 0.6 is 11.3 Å². The zero-order valence-electron chi connectivity index (χ0n) is 8.80. The van der Waals surface area contributed by atoms with Crippen LogP contribution in [0.4, 0.5) is 0 Å². The van der Waals surface area contributed by atoms with E-state index in [1.165, 1.54) is 11.3 Å². The van der Waals surface area contributed by atoms with Gasteiger partial charge < -0.3 is 4.57 Å². The fourth-order valence-corrected chi connectivity index (χ4v) is 2.37. The predicted molar refractivity (Wildman–Crippen MR) is 62.0 cm³/mol. The second kappa shape index (κ2) is 4.46. The molecule has 0 aliphatic heterocycles. The number of aryl methyl sites for hydroxylation is 1. The molecular formula is C10H12N4OS. The van der Waals surface area contributed by atoms with Gasteiger partial charge in [-0.1, -0.05) is 0 Å². The minimum absolute atomic E-state index is 0.245. The highest BCUT2D eigenvalue weighted by atomic mass is 32.1. The van der Waals surface area contributed by atoms with Crippen LogP contribution in [0.15, 0.2) is 24.8 Å². The second-order valence-corrected chi connectivity index (χ2v) is 4.66. The number of rotatable bonds is 3. The highest BCUT2D eigenvalue weighted by molar-refractivity contribution is 7.14. The zero-order chi connectivity index (χ0) is 11.5. The Kier molecular flexibility index (Phi) is 3.02. The summed E-state index contributed by atoms with van der Waals surface area (Å²) in [5.41, 5.74) is 3.25. The molecule has 0 aliphatic rings. The summed E-state index contributed by atoms with van der Waals surface area (Å²) in [5, 5.41) is 0. The minimum atomic E-state index is -0.245. The van der Waals surface area contributed by atoms with E-state index in [9.17, 15) is 4.79 Å². The molecule has 2 rings (SSSR count). The lowest BCUT2D eigenvalue weighted by atomic mass is 10.2. The van der Waals surface area contributed by atoms with Crippen LogP contribution in [-0.4, -0.2) is 15.5 Å². The number of hydrogen-bond acceptors (Lipinski definition) is 4. The molecule has 0 bridgehead atoms. The Morgan fingerprint density at radius 2 is 2.50 bits per heavy atom. The number of amides is 1. The molecule has 0 aromatic carbocycles. The van der Waals surface area contributed by atoms with Crippen LogP contribution in [0, 0.1) is 6.92 Å². The third-order valence-electron chi connectivity index (χ3n) is 2.29. The molecule has 0 aliphatic carbocycles. The quantitative estimate of drug-likeness (QED) is 0.472. The lowest BCUT2D eigenvalue weighted by Crippen LogP contribution is -2.29. The van der Waals surface area contributed by atoms with Crippen molar-refractivity contribution in [1.29, 1.82) is 0 Å². The van der Waals surface area contributed by atoms with Crippen LogP contribution < -0.4 is 11.3 Å². The highest BCUT2D eigenvalue weighted by Gasteiger charge is 2.11. The van der Waals surface area contributed by atoms with E-state index in [4.69, 9.17) is 5.84 Å². The summed E-state index contributed by atoms with van der Waals surface area (Å²) in [4.78, 5) is 17.1. The number of hydrazine groups is 1. The average Bonchev–Trinajstić information content (AvgIpc) is 2.89. The van der Waals surface area contributed by atoms with Crippen LogP contribution in [0.3, 0.4) is 0 Å². The minimum Gasteiger partial charge on any atom is -0.333 e. The lowest BCUT2D eigenvalue weighted by molar-refractivity contribution is 0.0957. The van der Waals surface area contributed by atoms with E-state index in [0.717, 1.165) is 17.0 Å². The van der Waals surface area contributed by atoms with Crippen molar-refractivity contribution < 1.29 is 4.79 Å². The molecule has 2 heterocycles. The van der Waals surface area contributed by atoms with Crippen molar-refractivity contribution in [2.24, 2.45) is 5.84 Å². The molecule has 1 amide bonds. The maximum absolute atomic E-state index is 11.3. The SMILES string of the molecule is Cc1sc(C(=O)NN)cc1Cn1ccnc1. The van der Waals surface area contributed by atoms with Gasteiger partial charge in [-0.15, -0.1) is 11.3 Å². The molecule has 2 aromatic rings. The topological polar surface area (TPSA) is 72.9 Å². The first kappa shape index (κ1) is 10.8. The summed E-state index contributed by atoms with van der Waals surface area (Å²) in [6, 6.07) is 1.86. The molecular weight excluding hydrogens is 224 g/mol. The van der Waals surface area contributed by atoms with E-state index in [1.807, 2.05) is 23.8 Å². The second-order valence-electron chi connectivity index (χ2n) is 3.40. The van der Waals surface area contributed by atoms with Gasteiger partial charge in [-0.3, -0.25) is 10.2 Å². The summed E-state index contributed by atoms with van der Waals surface area (Å²) in [5.74, 6) is 4.85. The number of imidazole rings is 1. The van der Waals surface area contributed by atoms with Crippen molar-refractivity contribution in [1.82, 2.24) is 15.0 Å². The molecule has 0 atom stereocenters. The van der Waals surface area contributed by atoms with Crippen molar-refractivity contribution >= 4 is 17.2 Å². The van der Waals surface area contributed by atoms with E-state index in [2.05, 4.69) is 10.4 Å². The number of aromatic nitrogens is 2. The van der Waals surface area contributed by atoms with E-state index in [-0.39, 0.29) is 5.91 Å². The summed E-state index contributed by atoms with van der Waals surface area (Å²) in [6.45, 7) is 2.71. The number of nitrogens with two attached hydrogens (primary N) is 1. The number of carbonyl (C=O) groups is 1. The Hall–Kier alpha value is -1.66. The molecule has 3 N–H and O–H groups in total. The van der Waals surface area contributed by atoms with Crippen LogP contribution in [0.25, 0.3) is 0 Å². The normalized spacial score (nSPS) is 10.4. The number of nitrogens with one attached hydrogen (secondary N) is 1. The Bertz CT molecular complexity index is 489. The van der Waals surface area contributed by atoms with Crippen molar-refractivity contribution in [2.75, 3.05) is 0 Å². The number of nitrogen functional groups attached to an aromatic ring is 1. The predicted octanol–water partition coefficient (Wildman–Crippen LogP) is 0.905. The van der Waals surface area contributed by atoms with Crippen molar-refractivity contribution in [3.8, 4) is 0 Å². The first-order chi connectivity index (χ1) is 7.70. The molecule has 6 heteroatoms. The van der Waals surface area contributed by atoms with Gasteiger partial charge in [-0.05, 0) is 18.6 Å². The standard InChI is InChI=1S/C10H12N4OS/c1-7-8(5-14-3-2-12-6-14)4-9(16-7)10(15)13-11/h2-4,6H,5,11H2,1H3,(H,13,15). The van der Waals surface area contributed by atoms with E-state index in [1.54, 1.807) is 12.5 Å². The first-order valence-corrected chi connectivity index (χ1v) is 5.58. The molecule has 5 nitrogen and oxygen atoms in total. The summed E-state index contributed by atoms with van der Waals surface area (Å²) >= 11 is 1.44. The van der Waals surface area contributed by atoms with E-state index in [0.29, 0.717) is 4.88 Å². The van der Waals surface area contributed by atoms with Crippen LogP contribution in [-0.2, 0) is 6.54 Å². The number of thiophene rings is 1. The largest absolute Gasteiger partial charge is 0.333 e. The van der Waals surface area contributed by atoms with Gasteiger partial charge in [0, 0.05) is 23.8 Å². The molecule has 0 spiro atoms. The number of nitrogens with zero attached hydrogens (tertiary/aromatic N) is 2. The molecule has 84 valence electrons. The number of carbonyl (C=O) groups excluding carboxylic acids is 1. The molecule has 16 heavy (non-hydrogen) atoms. The van der Waals surface area contributed by atoms with Gasteiger partial charge in [0.15, 0.2) is 0 Å². The Labute approximate surface area is 96.9 Å². The molecule has 0 saturated carbocycles. The smallest absolute Gasteiger partial charge is 0.275 e. The fourth-order valence-electron chi connectivity index (χ4n) is 1.44. The van der Waals surface area contributed by atoms with Crippen LogP contribution in [0.2, 0.25) is 0 Å². The van der Waals surface area contributed by atoms with Crippen LogP contribution in [0.5, 0.6) is 0 Å². The lowest BCUT2D eigenvalue weighted by Gasteiger charge is -1.99.